The molecule has 0 bridgehead atoms. The fraction of sp³-hybridized carbons (Fsp3) is 0.250. The largest absolute Gasteiger partial charge is 0.356 e. The van der Waals surface area contributed by atoms with Gasteiger partial charge in [0, 0.05) is 12.4 Å². The molecule has 0 aliphatic carbocycles. The Balaban J connectivity index is 1.83. The van der Waals surface area contributed by atoms with Crippen molar-refractivity contribution in [1.82, 2.24) is 9.55 Å². The number of aryl methyl sites for hydroxylation is 1. The van der Waals surface area contributed by atoms with Crippen LogP contribution in [0.2, 0.25) is 0 Å². The average molecular weight is 202 g/mol. The molecule has 1 aromatic carbocycles. The first-order chi connectivity index (χ1) is 7.36. The average Bonchev–Trinajstić information content (AvgIpc) is 2.66. The monoisotopic (exact) mass is 202 g/mol. The van der Waals surface area contributed by atoms with Gasteiger partial charge in [-0.15, -0.1) is 0 Å². The third-order valence-electron chi connectivity index (χ3n) is 2.27. The maximum absolute atomic E-state index is 5.57. The molecule has 1 aromatic heterocycles. The standard InChI is InChI=1S/C12H14N2O/c1-11-13-7-8-14(11)10-15-9-12-5-3-2-4-6-12/h2-8H,9-10H2,1H3. The second kappa shape index (κ2) is 4.75. The molecular formula is C12H14N2O. The van der Waals surface area contributed by atoms with Crippen molar-refractivity contribution in [2.45, 2.75) is 20.3 Å². The predicted molar refractivity (Wildman–Crippen MR) is 58.2 cm³/mol. The molecule has 15 heavy (non-hydrogen) atoms. The van der Waals surface area contributed by atoms with Gasteiger partial charge in [-0.05, 0) is 12.5 Å². The number of hydrogen-bond acceptors (Lipinski definition) is 2. The minimum absolute atomic E-state index is 0.556. The fourth-order valence-corrected chi connectivity index (χ4v) is 1.38. The molecule has 0 amide bonds. The third kappa shape index (κ3) is 2.67. The molecule has 3 nitrogen and oxygen atoms in total. The first-order valence-electron chi connectivity index (χ1n) is 4.95. The number of nitrogens with zero attached hydrogens (tertiary/aromatic N) is 2. The van der Waals surface area contributed by atoms with Crippen molar-refractivity contribution < 1.29 is 4.74 Å². The van der Waals surface area contributed by atoms with Gasteiger partial charge in [-0.3, -0.25) is 0 Å². The van der Waals surface area contributed by atoms with Gasteiger partial charge in [0.05, 0.1) is 6.61 Å². The van der Waals surface area contributed by atoms with Crippen molar-refractivity contribution in [3.05, 3.63) is 54.1 Å². The molecule has 0 atom stereocenters. The van der Waals surface area contributed by atoms with Gasteiger partial charge in [0.15, 0.2) is 0 Å². The molecular weight excluding hydrogens is 188 g/mol. The van der Waals surface area contributed by atoms with Crippen LogP contribution in [0.15, 0.2) is 42.7 Å². The molecule has 3 heteroatoms. The summed E-state index contributed by atoms with van der Waals surface area (Å²) >= 11 is 0. The zero-order valence-electron chi connectivity index (χ0n) is 8.76. The van der Waals surface area contributed by atoms with Gasteiger partial charge in [0.25, 0.3) is 0 Å². The van der Waals surface area contributed by atoms with E-state index in [0.717, 1.165) is 5.82 Å². The van der Waals surface area contributed by atoms with Crippen molar-refractivity contribution in [3.63, 3.8) is 0 Å². The Bertz CT molecular complexity index is 409. The molecule has 0 N–H and O–H groups in total. The minimum Gasteiger partial charge on any atom is -0.356 e. The molecule has 0 aliphatic heterocycles. The molecule has 0 aliphatic rings. The number of imidazole rings is 1. The summed E-state index contributed by atoms with van der Waals surface area (Å²) in [5.41, 5.74) is 1.19. The highest BCUT2D eigenvalue weighted by Gasteiger charge is 1.96. The van der Waals surface area contributed by atoms with E-state index in [4.69, 9.17) is 4.74 Å². The number of ether oxygens (including phenoxy) is 1. The van der Waals surface area contributed by atoms with Gasteiger partial charge >= 0.3 is 0 Å². The van der Waals surface area contributed by atoms with Gasteiger partial charge in [-0.25, -0.2) is 4.98 Å². The van der Waals surface area contributed by atoms with Crippen LogP contribution in [0.3, 0.4) is 0 Å². The summed E-state index contributed by atoms with van der Waals surface area (Å²) in [5, 5.41) is 0. The lowest BCUT2D eigenvalue weighted by Gasteiger charge is -2.06. The van der Waals surface area contributed by atoms with E-state index in [1.165, 1.54) is 5.56 Å². The normalized spacial score (nSPS) is 10.5. The van der Waals surface area contributed by atoms with Crippen LogP contribution in [-0.2, 0) is 18.1 Å². The number of aromatic nitrogens is 2. The van der Waals surface area contributed by atoms with Crippen molar-refractivity contribution >= 4 is 0 Å². The van der Waals surface area contributed by atoms with Crippen LogP contribution in [0.5, 0.6) is 0 Å². The Morgan fingerprint density at radius 1 is 1.27 bits per heavy atom. The number of hydrogen-bond donors (Lipinski definition) is 0. The number of rotatable bonds is 4. The molecule has 0 radical (unpaired) electrons. The Labute approximate surface area is 89.3 Å². The van der Waals surface area contributed by atoms with E-state index in [9.17, 15) is 0 Å². The highest BCUT2D eigenvalue weighted by atomic mass is 16.5. The second-order valence-corrected chi connectivity index (χ2v) is 3.41. The molecule has 0 saturated heterocycles. The quantitative estimate of drug-likeness (QED) is 0.761. The lowest BCUT2D eigenvalue weighted by atomic mass is 10.2. The van der Waals surface area contributed by atoms with Crippen molar-refractivity contribution in [1.29, 1.82) is 0 Å². The van der Waals surface area contributed by atoms with Gasteiger partial charge in [0.1, 0.15) is 12.6 Å². The van der Waals surface area contributed by atoms with Crippen LogP contribution in [0, 0.1) is 6.92 Å². The smallest absolute Gasteiger partial charge is 0.124 e. The van der Waals surface area contributed by atoms with E-state index in [1.54, 1.807) is 6.20 Å². The Morgan fingerprint density at radius 2 is 2.07 bits per heavy atom. The lowest BCUT2D eigenvalue weighted by molar-refractivity contribution is 0.0627. The van der Waals surface area contributed by atoms with Gasteiger partial charge in [-0.2, -0.15) is 0 Å². The van der Waals surface area contributed by atoms with Gasteiger partial charge in [0.2, 0.25) is 0 Å². The summed E-state index contributed by atoms with van der Waals surface area (Å²) in [5.74, 6) is 0.975. The van der Waals surface area contributed by atoms with E-state index in [-0.39, 0.29) is 0 Å². The van der Waals surface area contributed by atoms with Crippen LogP contribution in [0.4, 0.5) is 0 Å². The zero-order chi connectivity index (χ0) is 10.5. The third-order valence-corrected chi connectivity index (χ3v) is 2.27. The Hall–Kier alpha value is -1.61. The van der Waals surface area contributed by atoms with E-state index < -0.39 is 0 Å². The SMILES string of the molecule is Cc1nccn1COCc1ccccc1. The molecule has 2 aromatic rings. The highest BCUT2D eigenvalue weighted by molar-refractivity contribution is 5.13. The molecule has 0 saturated carbocycles. The van der Waals surface area contributed by atoms with Gasteiger partial charge in [-0.1, -0.05) is 30.3 Å². The first kappa shape index (κ1) is 9.93. The fourth-order valence-electron chi connectivity index (χ4n) is 1.38. The summed E-state index contributed by atoms with van der Waals surface area (Å²) in [6, 6.07) is 10.1. The lowest BCUT2D eigenvalue weighted by Crippen LogP contribution is -2.03. The molecule has 2 rings (SSSR count). The summed E-state index contributed by atoms with van der Waals surface area (Å²) < 4.78 is 7.54. The molecule has 78 valence electrons. The molecule has 0 unspecified atom stereocenters. The summed E-state index contributed by atoms with van der Waals surface area (Å²) in [6.07, 6.45) is 3.70. The summed E-state index contributed by atoms with van der Waals surface area (Å²) in [7, 11) is 0. The van der Waals surface area contributed by atoms with E-state index in [1.807, 2.05) is 35.9 Å². The molecule has 0 fully saturated rings. The van der Waals surface area contributed by atoms with E-state index in [0.29, 0.717) is 13.3 Å². The van der Waals surface area contributed by atoms with E-state index >= 15 is 0 Å². The Kier molecular flexibility index (Phi) is 3.15. The van der Waals surface area contributed by atoms with E-state index in [2.05, 4.69) is 17.1 Å². The zero-order valence-corrected chi connectivity index (χ0v) is 8.76. The van der Waals surface area contributed by atoms with Crippen LogP contribution < -0.4 is 0 Å². The summed E-state index contributed by atoms with van der Waals surface area (Å²) in [6.45, 7) is 3.16. The minimum atomic E-state index is 0.556. The predicted octanol–water partition coefficient (Wildman–Crippen LogP) is 2.37. The van der Waals surface area contributed by atoms with Crippen LogP contribution in [0.1, 0.15) is 11.4 Å². The van der Waals surface area contributed by atoms with Gasteiger partial charge < -0.3 is 9.30 Å². The van der Waals surface area contributed by atoms with Crippen molar-refractivity contribution in [2.24, 2.45) is 0 Å². The van der Waals surface area contributed by atoms with Crippen molar-refractivity contribution in [2.75, 3.05) is 0 Å². The maximum atomic E-state index is 5.57. The molecule has 1 heterocycles. The first-order valence-corrected chi connectivity index (χ1v) is 4.95. The van der Waals surface area contributed by atoms with Crippen LogP contribution in [-0.4, -0.2) is 9.55 Å². The Morgan fingerprint density at radius 3 is 2.73 bits per heavy atom. The molecule has 0 spiro atoms. The maximum Gasteiger partial charge on any atom is 0.124 e. The highest BCUT2D eigenvalue weighted by Crippen LogP contribution is 2.02. The topological polar surface area (TPSA) is 27.1 Å². The number of benzene rings is 1. The van der Waals surface area contributed by atoms with Crippen LogP contribution in [0.25, 0.3) is 0 Å². The summed E-state index contributed by atoms with van der Waals surface area (Å²) in [4.78, 5) is 4.13. The van der Waals surface area contributed by atoms with Crippen LogP contribution >= 0.6 is 0 Å². The second-order valence-electron chi connectivity index (χ2n) is 3.41. The van der Waals surface area contributed by atoms with Crippen molar-refractivity contribution in [3.8, 4) is 0 Å².